The van der Waals surface area contributed by atoms with Gasteiger partial charge in [0.15, 0.2) is 0 Å². The zero-order valence-corrected chi connectivity index (χ0v) is 12.6. The highest BCUT2D eigenvalue weighted by Crippen LogP contribution is 2.29. The van der Waals surface area contributed by atoms with E-state index in [1.165, 1.54) is 12.1 Å². The maximum atomic E-state index is 12.0. The molecule has 0 radical (unpaired) electrons. The number of nitrogen functional groups attached to an aromatic ring is 1. The molecule has 0 aliphatic rings. The van der Waals surface area contributed by atoms with Crippen molar-refractivity contribution in [2.24, 2.45) is 0 Å². The van der Waals surface area contributed by atoms with Gasteiger partial charge < -0.3 is 11.1 Å². The Labute approximate surface area is 128 Å². The minimum Gasteiger partial charge on any atom is -0.397 e. The lowest BCUT2D eigenvalue weighted by Crippen LogP contribution is -2.13. The number of anilines is 2. The SMILES string of the molecule is Nc1cc(C(=O)Nc2ccc(Br)cn2)cc(Cl)c1Cl. The fraction of sp³-hybridized carbons (Fsp3) is 0. The Bertz CT molecular complexity index is 608. The first-order chi connectivity index (χ1) is 8.97. The van der Waals surface area contributed by atoms with E-state index in [4.69, 9.17) is 28.9 Å². The smallest absolute Gasteiger partial charge is 0.256 e. The van der Waals surface area contributed by atoms with Crippen LogP contribution in [0.2, 0.25) is 10.0 Å². The molecule has 0 fully saturated rings. The van der Waals surface area contributed by atoms with Crippen LogP contribution in [0.1, 0.15) is 10.4 Å². The highest BCUT2D eigenvalue weighted by molar-refractivity contribution is 9.10. The molecule has 0 saturated carbocycles. The molecule has 2 rings (SSSR count). The van der Waals surface area contributed by atoms with Gasteiger partial charge in [-0.25, -0.2) is 4.98 Å². The minimum absolute atomic E-state index is 0.232. The van der Waals surface area contributed by atoms with Gasteiger partial charge >= 0.3 is 0 Å². The van der Waals surface area contributed by atoms with E-state index in [0.717, 1.165) is 4.47 Å². The minimum atomic E-state index is -0.361. The zero-order valence-electron chi connectivity index (χ0n) is 9.45. The van der Waals surface area contributed by atoms with Crippen molar-refractivity contribution in [3.63, 3.8) is 0 Å². The normalized spacial score (nSPS) is 10.3. The molecule has 0 bridgehead atoms. The maximum Gasteiger partial charge on any atom is 0.256 e. The van der Waals surface area contributed by atoms with E-state index in [1.54, 1.807) is 18.3 Å². The van der Waals surface area contributed by atoms with Gasteiger partial charge in [-0.3, -0.25) is 4.79 Å². The highest BCUT2D eigenvalue weighted by Gasteiger charge is 2.11. The van der Waals surface area contributed by atoms with Crippen LogP contribution in [-0.4, -0.2) is 10.9 Å². The van der Waals surface area contributed by atoms with Crippen molar-refractivity contribution < 1.29 is 4.79 Å². The summed E-state index contributed by atoms with van der Waals surface area (Å²) in [4.78, 5) is 16.0. The molecule has 1 aromatic carbocycles. The number of benzene rings is 1. The molecule has 0 saturated heterocycles. The molecule has 7 heteroatoms. The summed E-state index contributed by atoms with van der Waals surface area (Å²) >= 11 is 15.0. The lowest BCUT2D eigenvalue weighted by Gasteiger charge is -2.07. The van der Waals surface area contributed by atoms with E-state index < -0.39 is 0 Å². The highest BCUT2D eigenvalue weighted by atomic mass is 79.9. The molecule has 19 heavy (non-hydrogen) atoms. The van der Waals surface area contributed by atoms with Gasteiger partial charge in [0, 0.05) is 16.2 Å². The van der Waals surface area contributed by atoms with E-state index in [-0.39, 0.29) is 21.6 Å². The van der Waals surface area contributed by atoms with Crippen molar-refractivity contribution >= 4 is 56.5 Å². The lowest BCUT2D eigenvalue weighted by atomic mass is 10.2. The molecule has 98 valence electrons. The average molecular weight is 361 g/mol. The van der Waals surface area contributed by atoms with E-state index in [9.17, 15) is 4.79 Å². The van der Waals surface area contributed by atoms with Gasteiger partial charge in [-0.05, 0) is 40.2 Å². The Balaban J connectivity index is 2.23. The molecule has 2 aromatic rings. The molecule has 1 aromatic heterocycles. The standard InChI is InChI=1S/C12H8BrCl2N3O/c13-7-1-2-10(17-5-7)18-12(19)6-3-8(14)11(15)9(16)4-6/h1-5H,16H2,(H,17,18,19). The molecular formula is C12H8BrCl2N3O. The quantitative estimate of drug-likeness (QED) is 0.795. The van der Waals surface area contributed by atoms with E-state index in [2.05, 4.69) is 26.2 Å². The third-order valence-electron chi connectivity index (χ3n) is 2.29. The van der Waals surface area contributed by atoms with E-state index >= 15 is 0 Å². The van der Waals surface area contributed by atoms with Crippen LogP contribution < -0.4 is 11.1 Å². The van der Waals surface area contributed by atoms with Gasteiger partial charge in [0.1, 0.15) is 5.82 Å². The van der Waals surface area contributed by atoms with Crippen molar-refractivity contribution in [1.29, 1.82) is 0 Å². The van der Waals surface area contributed by atoms with Crippen LogP contribution in [-0.2, 0) is 0 Å². The van der Waals surface area contributed by atoms with Crippen LogP contribution in [0.25, 0.3) is 0 Å². The molecular weight excluding hydrogens is 353 g/mol. The summed E-state index contributed by atoms with van der Waals surface area (Å²) in [6, 6.07) is 6.35. The number of rotatable bonds is 2. The summed E-state index contributed by atoms with van der Waals surface area (Å²) in [6.07, 6.45) is 1.58. The van der Waals surface area contributed by atoms with Crippen LogP contribution in [0.3, 0.4) is 0 Å². The van der Waals surface area contributed by atoms with Gasteiger partial charge in [0.25, 0.3) is 5.91 Å². The molecule has 0 aliphatic heterocycles. The number of amides is 1. The Kier molecular flexibility index (Phi) is 4.29. The summed E-state index contributed by atoms with van der Waals surface area (Å²) in [5.41, 5.74) is 6.22. The van der Waals surface area contributed by atoms with Crippen LogP contribution >= 0.6 is 39.1 Å². The predicted octanol–water partition coefficient (Wildman–Crippen LogP) is 3.99. The van der Waals surface area contributed by atoms with Gasteiger partial charge in [-0.2, -0.15) is 0 Å². The number of aromatic nitrogens is 1. The first-order valence-corrected chi connectivity index (χ1v) is 6.69. The Morgan fingerprint density at radius 3 is 2.63 bits per heavy atom. The van der Waals surface area contributed by atoms with Crippen molar-refractivity contribution in [2.75, 3.05) is 11.1 Å². The Morgan fingerprint density at radius 2 is 2.05 bits per heavy atom. The van der Waals surface area contributed by atoms with Gasteiger partial charge in [0.2, 0.25) is 0 Å². The first kappa shape index (κ1) is 14.1. The van der Waals surface area contributed by atoms with Gasteiger partial charge in [-0.1, -0.05) is 23.2 Å². The van der Waals surface area contributed by atoms with Crippen molar-refractivity contribution in [3.8, 4) is 0 Å². The second-order valence-corrected chi connectivity index (χ2v) is 5.38. The summed E-state index contributed by atoms with van der Waals surface area (Å²) in [5.74, 6) is 0.0675. The van der Waals surface area contributed by atoms with Crippen molar-refractivity contribution in [3.05, 3.63) is 50.5 Å². The van der Waals surface area contributed by atoms with E-state index in [1.807, 2.05) is 0 Å². The number of pyridine rings is 1. The lowest BCUT2D eigenvalue weighted by molar-refractivity contribution is 0.102. The van der Waals surface area contributed by atoms with Crippen molar-refractivity contribution in [1.82, 2.24) is 4.98 Å². The van der Waals surface area contributed by atoms with Crippen LogP contribution in [0.5, 0.6) is 0 Å². The number of nitrogens with two attached hydrogens (primary N) is 1. The Morgan fingerprint density at radius 1 is 1.32 bits per heavy atom. The van der Waals surface area contributed by atoms with Crippen LogP contribution in [0, 0.1) is 0 Å². The van der Waals surface area contributed by atoms with Gasteiger partial charge in [-0.15, -0.1) is 0 Å². The third-order valence-corrected chi connectivity index (χ3v) is 3.57. The average Bonchev–Trinajstić information content (AvgIpc) is 2.38. The van der Waals surface area contributed by atoms with Crippen molar-refractivity contribution in [2.45, 2.75) is 0 Å². The second kappa shape index (κ2) is 5.77. The molecule has 1 heterocycles. The number of hydrogen-bond donors (Lipinski definition) is 2. The molecule has 4 nitrogen and oxygen atoms in total. The monoisotopic (exact) mass is 359 g/mol. The van der Waals surface area contributed by atoms with Gasteiger partial charge in [0.05, 0.1) is 15.7 Å². The fourth-order valence-corrected chi connectivity index (χ4v) is 1.95. The molecule has 0 aliphatic carbocycles. The number of nitrogens with zero attached hydrogens (tertiary/aromatic N) is 1. The number of hydrogen-bond acceptors (Lipinski definition) is 3. The second-order valence-electron chi connectivity index (χ2n) is 3.68. The zero-order chi connectivity index (χ0) is 14.0. The molecule has 0 atom stereocenters. The van der Waals surface area contributed by atoms with Crippen LogP contribution in [0.4, 0.5) is 11.5 Å². The summed E-state index contributed by atoms with van der Waals surface area (Å²) in [5, 5.41) is 3.10. The molecule has 1 amide bonds. The Hall–Kier alpha value is -1.30. The first-order valence-electron chi connectivity index (χ1n) is 5.15. The fourth-order valence-electron chi connectivity index (χ4n) is 1.38. The predicted molar refractivity (Wildman–Crippen MR) is 80.8 cm³/mol. The topological polar surface area (TPSA) is 68.0 Å². The van der Waals surface area contributed by atoms with Crippen LogP contribution in [0.15, 0.2) is 34.9 Å². The summed E-state index contributed by atoms with van der Waals surface area (Å²) < 4.78 is 0.823. The largest absolute Gasteiger partial charge is 0.397 e. The number of carbonyl (C=O) groups excluding carboxylic acids is 1. The summed E-state index contributed by atoms with van der Waals surface area (Å²) in [7, 11) is 0. The molecule has 0 unspecified atom stereocenters. The number of carbonyl (C=O) groups is 1. The number of nitrogens with one attached hydrogen (secondary N) is 1. The maximum absolute atomic E-state index is 12.0. The summed E-state index contributed by atoms with van der Waals surface area (Å²) in [6.45, 7) is 0. The molecule has 3 N–H and O–H groups in total. The van der Waals surface area contributed by atoms with E-state index in [0.29, 0.717) is 11.4 Å². The third kappa shape index (κ3) is 3.37. The number of halogens is 3. The molecule has 0 spiro atoms.